The van der Waals surface area contributed by atoms with Crippen molar-refractivity contribution in [3.05, 3.63) is 18.0 Å². The van der Waals surface area contributed by atoms with Crippen molar-refractivity contribution >= 4 is 11.7 Å². The van der Waals surface area contributed by atoms with E-state index in [4.69, 9.17) is 9.97 Å². The van der Waals surface area contributed by atoms with Crippen LogP contribution in [0.4, 0.5) is 5.95 Å². The number of aromatic nitrogens is 2. The molecule has 1 aromatic heterocycles. The average molecular weight is 402 g/mol. The molecule has 0 spiro atoms. The molecule has 2 unspecified atom stereocenters. The van der Waals surface area contributed by atoms with Crippen molar-refractivity contribution in [2.24, 2.45) is 11.8 Å². The Bertz CT molecular complexity index is 654. The van der Waals surface area contributed by atoms with Gasteiger partial charge in [0.25, 0.3) is 0 Å². The molecule has 2 saturated heterocycles. The van der Waals surface area contributed by atoms with Crippen LogP contribution in [0.1, 0.15) is 59.9 Å². The first-order valence-electron chi connectivity index (χ1n) is 11.4. The SMILES string of the molecule is CCC1CN(C(C)C)CC(CC)N1c1ncc(CN2CC(C(=O)C(C)C)C2)cn1. The number of piperazine rings is 1. The topological polar surface area (TPSA) is 52.6 Å². The van der Waals surface area contributed by atoms with E-state index in [1.807, 2.05) is 26.2 Å². The number of hydrogen-bond acceptors (Lipinski definition) is 6. The molecule has 0 aliphatic carbocycles. The number of nitrogens with zero attached hydrogens (tertiary/aromatic N) is 5. The van der Waals surface area contributed by atoms with Crippen LogP contribution < -0.4 is 4.90 Å². The van der Waals surface area contributed by atoms with Gasteiger partial charge in [0, 0.05) is 80.6 Å². The molecule has 0 saturated carbocycles. The van der Waals surface area contributed by atoms with Gasteiger partial charge >= 0.3 is 0 Å². The molecule has 6 nitrogen and oxygen atoms in total. The molecular formula is C23H39N5O. The summed E-state index contributed by atoms with van der Waals surface area (Å²) < 4.78 is 0. The van der Waals surface area contributed by atoms with E-state index in [-0.39, 0.29) is 11.8 Å². The minimum atomic E-state index is 0.138. The van der Waals surface area contributed by atoms with Gasteiger partial charge in [0.15, 0.2) is 0 Å². The number of rotatable bonds is 8. The Morgan fingerprint density at radius 2 is 1.55 bits per heavy atom. The van der Waals surface area contributed by atoms with Crippen molar-refractivity contribution in [2.75, 3.05) is 31.1 Å². The van der Waals surface area contributed by atoms with Crippen LogP contribution in [0.15, 0.2) is 12.4 Å². The second-order valence-corrected chi connectivity index (χ2v) is 9.42. The number of carbonyl (C=O) groups is 1. The standard InChI is InChI=1S/C23H39N5O/c1-7-20-14-27(17(5)6)15-21(8-2)28(20)23-24-9-18(10-25-23)11-26-12-19(13-26)22(29)16(3)4/h9-10,16-17,19-21H,7-8,11-15H2,1-6H3. The third-order valence-electron chi connectivity index (χ3n) is 6.61. The first-order chi connectivity index (χ1) is 13.8. The molecule has 6 heteroatoms. The van der Waals surface area contributed by atoms with Crippen LogP contribution in [-0.4, -0.2) is 69.9 Å². The molecule has 0 radical (unpaired) electrons. The Balaban J connectivity index is 1.62. The van der Waals surface area contributed by atoms with Gasteiger partial charge in [0.2, 0.25) is 5.95 Å². The van der Waals surface area contributed by atoms with E-state index in [0.29, 0.717) is 23.9 Å². The van der Waals surface area contributed by atoms with Gasteiger partial charge in [-0.3, -0.25) is 14.6 Å². The summed E-state index contributed by atoms with van der Waals surface area (Å²) in [6.45, 7) is 17.8. The Hall–Kier alpha value is -1.53. The smallest absolute Gasteiger partial charge is 0.225 e. The van der Waals surface area contributed by atoms with Crippen LogP contribution in [0.25, 0.3) is 0 Å². The zero-order valence-electron chi connectivity index (χ0n) is 19.1. The van der Waals surface area contributed by atoms with Gasteiger partial charge in [-0.1, -0.05) is 27.7 Å². The fourth-order valence-electron chi connectivity index (χ4n) is 4.66. The summed E-state index contributed by atoms with van der Waals surface area (Å²) in [5, 5.41) is 0. The minimum absolute atomic E-state index is 0.138. The highest BCUT2D eigenvalue weighted by Gasteiger charge is 2.36. The van der Waals surface area contributed by atoms with Gasteiger partial charge in [-0.15, -0.1) is 0 Å². The van der Waals surface area contributed by atoms with Crippen LogP contribution in [-0.2, 0) is 11.3 Å². The third kappa shape index (κ3) is 4.97. The van der Waals surface area contributed by atoms with Crippen molar-refractivity contribution in [3.63, 3.8) is 0 Å². The quantitative estimate of drug-likeness (QED) is 0.667. The van der Waals surface area contributed by atoms with E-state index in [1.165, 1.54) is 0 Å². The first kappa shape index (κ1) is 22.2. The average Bonchev–Trinajstić information content (AvgIpc) is 2.69. The van der Waals surface area contributed by atoms with Gasteiger partial charge in [-0.05, 0) is 26.7 Å². The molecule has 29 heavy (non-hydrogen) atoms. The maximum Gasteiger partial charge on any atom is 0.225 e. The van der Waals surface area contributed by atoms with E-state index >= 15 is 0 Å². The molecular weight excluding hydrogens is 362 g/mol. The van der Waals surface area contributed by atoms with Crippen molar-refractivity contribution < 1.29 is 4.79 Å². The van der Waals surface area contributed by atoms with Crippen molar-refractivity contribution in [1.29, 1.82) is 0 Å². The van der Waals surface area contributed by atoms with Gasteiger partial charge in [0.05, 0.1) is 0 Å². The van der Waals surface area contributed by atoms with Crippen LogP contribution in [0, 0.1) is 11.8 Å². The predicted molar refractivity (Wildman–Crippen MR) is 118 cm³/mol. The van der Waals surface area contributed by atoms with Crippen LogP contribution in [0.5, 0.6) is 0 Å². The maximum atomic E-state index is 12.1. The largest absolute Gasteiger partial charge is 0.332 e. The second kappa shape index (κ2) is 9.52. The highest BCUT2D eigenvalue weighted by atomic mass is 16.1. The van der Waals surface area contributed by atoms with Crippen molar-refractivity contribution in [3.8, 4) is 0 Å². The Morgan fingerprint density at radius 1 is 1.00 bits per heavy atom. The predicted octanol–water partition coefficient (Wildman–Crippen LogP) is 3.22. The highest BCUT2D eigenvalue weighted by molar-refractivity contribution is 5.84. The number of carbonyl (C=O) groups excluding carboxylic acids is 1. The molecule has 2 atom stereocenters. The fraction of sp³-hybridized carbons (Fsp3) is 0.783. The molecule has 0 amide bonds. The van der Waals surface area contributed by atoms with Crippen molar-refractivity contribution in [1.82, 2.24) is 19.8 Å². The van der Waals surface area contributed by atoms with E-state index in [9.17, 15) is 4.79 Å². The third-order valence-corrected chi connectivity index (χ3v) is 6.61. The van der Waals surface area contributed by atoms with Crippen LogP contribution >= 0.6 is 0 Å². The molecule has 1 aromatic rings. The monoisotopic (exact) mass is 401 g/mol. The lowest BCUT2D eigenvalue weighted by Gasteiger charge is -2.48. The molecule has 0 N–H and O–H groups in total. The van der Waals surface area contributed by atoms with Gasteiger partial charge in [-0.2, -0.15) is 0 Å². The Morgan fingerprint density at radius 3 is 2.00 bits per heavy atom. The zero-order chi connectivity index (χ0) is 21.1. The summed E-state index contributed by atoms with van der Waals surface area (Å²) in [5.41, 5.74) is 1.13. The van der Waals surface area contributed by atoms with E-state index in [2.05, 4.69) is 42.4 Å². The number of likely N-dealkylation sites (tertiary alicyclic amines) is 1. The molecule has 0 aromatic carbocycles. The van der Waals surface area contributed by atoms with E-state index in [0.717, 1.165) is 57.1 Å². The van der Waals surface area contributed by atoms with Crippen LogP contribution in [0.3, 0.4) is 0 Å². The van der Waals surface area contributed by atoms with Crippen LogP contribution in [0.2, 0.25) is 0 Å². The second-order valence-electron chi connectivity index (χ2n) is 9.42. The summed E-state index contributed by atoms with van der Waals surface area (Å²) in [4.78, 5) is 29.0. The Labute approximate surface area is 176 Å². The van der Waals surface area contributed by atoms with Gasteiger partial charge < -0.3 is 4.90 Å². The number of Topliss-reactive ketones (excluding diaryl/α,β-unsaturated/α-hetero) is 1. The van der Waals surface area contributed by atoms with E-state index in [1.54, 1.807) is 0 Å². The fourth-order valence-corrected chi connectivity index (χ4v) is 4.66. The maximum absolute atomic E-state index is 12.1. The molecule has 162 valence electrons. The lowest BCUT2D eigenvalue weighted by atomic mass is 9.89. The minimum Gasteiger partial charge on any atom is -0.332 e. The molecule has 2 aliphatic rings. The first-order valence-corrected chi connectivity index (χ1v) is 11.4. The molecule has 2 fully saturated rings. The summed E-state index contributed by atoms with van der Waals surface area (Å²) in [6.07, 6.45) is 6.16. The summed E-state index contributed by atoms with van der Waals surface area (Å²) in [7, 11) is 0. The molecule has 2 aliphatic heterocycles. The number of hydrogen-bond donors (Lipinski definition) is 0. The lowest BCUT2D eigenvalue weighted by Crippen LogP contribution is -2.60. The lowest BCUT2D eigenvalue weighted by molar-refractivity contribution is -0.131. The van der Waals surface area contributed by atoms with Crippen molar-refractivity contribution in [2.45, 2.75) is 79.1 Å². The van der Waals surface area contributed by atoms with Gasteiger partial charge in [0.1, 0.15) is 5.78 Å². The molecule has 3 rings (SSSR count). The summed E-state index contributed by atoms with van der Waals surface area (Å²) in [6, 6.07) is 1.49. The number of ketones is 1. The number of anilines is 1. The Kier molecular flexibility index (Phi) is 7.28. The normalized spacial score (nSPS) is 24.3. The summed E-state index contributed by atoms with van der Waals surface area (Å²) in [5.74, 6) is 1.61. The van der Waals surface area contributed by atoms with Gasteiger partial charge in [-0.25, -0.2) is 9.97 Å². The molecule has 3 heterocycles. The zero-order valence-corrected chi connectivity index (χ0v) is 19.1. The van der Waals surface area contributed by atoms with E-state index < -0.39 is 0 Å². The highest BCUT2D eigenvalue weighted by Crippen LogP contribution is 2.27. The summed E-state index contributed by atoms with van der Waals surface area (Å²) >= 11 is 0. The molecule has 0 bridgehead atoms.